The molecule has 1 aliphatic rings. The fraction of sp³-hybridized carbons (Fsp3) is 0.0556. The Morgan fingerprint density at radius 3 is 2.42 bits per heavy atom. The van der Waals surface area contributed by atoms with Crippen molar-refractivity contribution in [2.75, 3.05) is 10.3 Å². The maximum Gasteiger partial charge on any atom is 0.266 e. The Morgan fingerprint density at radius 2 is 1.77 bits per heavy atom. The molecule has 126 valence electrons. The van der Waals surface area contributed by atoms with Crippen LogP contribution in [-0.4, -0.2) is 17.5 Å². The van der Waals surface area contributed by atoms with Crippen molar-refractivity contribution in [1.82, 2.24) is 0 Å². The molecule has 0 aromatic heterocycles. The van der Waals surface area contributed by atoms with Gasteiger partial charge in [-0.1, -0.05) is 11.6 Å². The quantitative estimate of drug-likeness (QED) is 0.511. The summed E-state index contributed by atoms with van der Waals surface area (Å²) in [4.78, 5) is 26.3. The van der Waals surface area contributed by atoms with Crippen LogP contribution in [0.5, 0.6) is 0 Å². The van der Waals surface area contributed by atoms with E-state index >= 15 is 0 Å². The summed E-state index contributed by atoms with van der Waals surface area (Å²) in [5.74, 6) is -0.856. The highest BCUT2D eigenvalue weighted by molar-refractivity contribution is 6.36. The summed E-state index contributed by atoms with van der Waals surface area (Å²) >= 11 is 5.92. The van der Waals surface area contributed by atoms with E-state index in [9.17, 15) is 9.59 Å². The number of aryl methyl sites for hydroxylation is 1. The Balaban J connectivity index is 1.93. The molecule has 7 nitrogen and oxygen atoms in total. The van der Waals surface area contributed by atoms with E-state index in [1.807, 2.05) is 0 Å². The van der Waals surface area contributed by atoms with Crippen molar-refractivity contribution in [1.29, 1.82) is 10.5 Å². The van der Waals surface area contributed by atoms with E-state index in [4.69, 9.17) is 22.1 Å². The minimum Gasteiger partial charge on any atom is -0.277 e. The van der Waals surface area contributed by atoms with Crippen molar-refractivity contribution >= 4 is 40.5 Å². The lowest BCUT2D eigenvalue weighted by Crippen LogP contribution is -2.30. The number of hydrogen-bond acceptors (Lipinski definition) is 6. The van der Waals surface area contributed by atoms with Gasteiger partial charge in [-0.2, -0.15) is 15.6 Å². The van der Waals surface area contributed by atoms with Crippen LogP contribution in [0, 0.1) is 29.6 Å². The number of rotatable bonds is 3. The van der Waals surface area contributed by atoms with Crippen molar-refractivity contribution in [2.45, 2.75) is 6.92 Å². The third-order valence-corrected chi connectivity index (χ3v) is 4.03. The van der Waals surface area contributed by atoms with Crippen LogP contribution in [0.4, 0.5) is 11.4 Å². The van der Waals surface area contributed by atoms with Gasteiger partial charge in [0.2, 0.25) is 5.71 Å². The van der Waals surface area contributed by atoms with Gasteiger partial charge in [0.1, 0.15) is 12.1 Å². The Kier molecular flexibility index (Phi) is 4.40. The monoisotopic (exact) mass is 363 g/mol. The van der Waals surface area contributed by atoms with E-state index < -0.39 is 11.8 Å². The molecule has 0 aliphatic carbocycles. The number of hydrazone groups is 1. The summed E-state index contributed by atoms with van der Waals surface area (Å²) < 4.78 is 0. The van der Waals surface area contributed by atoms with Crippen molar-refractivity contribution in [3.63, 3.8) is 0 Å². The van der Waals surface area contributed by atoms with Gasteiger partial charge in [0.25, 0.3) is 11.8 Å². The first-order valence-electron chi connectivity index (χ1n) is 7.39. The first kappa shape index (κ1) is 17.2. The van der Waals surface area contributed by atoms with Crippen LogP contribution in [0.15, 0.2) is 41.5 Å². The SMILES string of the molecule is Cc1cc(NN=C(C#N)C#N)ccc1N1C(=O)c2ccc(Cl)cc2C1=O. The maximum atomic E-state index is 12.6. The zero-order valence-electron chi connectivity index (χ0n) is 13.4. The lowest BCUT2D eigenvalue weighted by atomic mass is 10.1. The van der Waals surface area contributed by atoms with Gasteiger partial charge >= 0.3 is 0 Å². The molecular formula is C18H10ClN5O2. The largest absolute Gasteiger partial charge is 0.277 e. The number of imide groups is 1. The van der Waals surface area contributed by atoms with Crippen LogP contribution in [-0.2, 0) is 0 Å². The number of amides is 2. The van der Waals surface area contributed by atoms with E-state index in [0.29, 0.717) is 27.5 Å². The molecule has 8 heteroatoms. The molecule has 2 aromatic carbocycles. The predicted molar refractivity (Wildman–Crippen MR) is 96.1 cm³/mol. The minimum absolute atomic E-state index is 0.265. The number of fused-ring (bicyclic) bond motifs is 1. The first-order valence-corrected chi connectivity index (χ1v) is 7.77. The van der Waals surface area contributed by atoms with Crippen molar-refractivity contribution in [3.05, 3.63) is 58.1 Å². The average Bonchev–Trinajstić information content (AvgIpc) is 2.87. The maximum absolute atomic E-state index is 12.6. The number of anilines is 2. The lowest BCUT2D eigenvalue weighted by Gasteiger charge is -2.17. The molecule has 0 saturated heterocycles. The molecule has 0 fully saturated rings. The van der Waals surface area contributed by atoms with Gasteiger partial charge in [0.05, 0.1) is 22.5 Å². The van der Waals surface area contributed by atoms with Crippen molar-refractivity contribution < 1.29 is 9.59 Å². The number of nitriles is 2. The number of hydrogen-bond donors (Lipinski definition) is 1. The molecule has 3 rings (SSSR count). The number of benzene rings is 2. The standard InChI is InChI=1S/C18H10ClN5O2/c1-10-6-12(22-23-13(8-20)9-21)3-5-16(10)24-17(25)14-4-2-11(19)7-15(14)18(24)26/h2-7,22H,1H3. The van der Waals surface area contributed by atoms with E-state index in [-0.39, 0.29) is 11.3 Å². The molecule has 1 N–H and O–H groups in total. The van der Waals surface area contributed by atoms with E-state index in [1.54, 1.807) is 43.3 Å². The van der Waals surface area contributed by atoms with Gasteiger partial charge in [-0.25, -0.2) is 4.90 Å². The summed E-state index contributed by atoms with van der Waals surface area (Å²) in [6.07, 6.45) is 0. The number of halogens is 1. The number of carbonyl (C=O) groups excluding carboxylic acids is 2. The minimum atomic E-state index is -0.439. The highest BCUT2D eigenvalue weighted by Crippen LogP contribution is 2.33. The normalized spacial score (nSPS) is 12.2. The molecule has 1 heterocycles. The van der Waals surface area contributed by atoms with Crippen LogP contribution in [0.25, 0.3) is 0 Å². The van der Waals surface area contributed by atoms with Gasteiger partial charge < -0.3 is 0 Å². The van der Waals surface area contributed by atoms with Crippen molar-refractivity contribution in [3.8, 4) is 12.1 Å². The molecule has 0 radical (unpaired) electrons. The number of nitrogens with one attached hydrogen (secondary N) is 1. The van der Waals surface area contributed by atoms with Gasteiger partial charge in [0.15, 0.2) is 0 Å². The van der Waals surface area contributed by atoms with Crippen LogP contribution in [0.1, 0.15) is 26.3 Å². The van der Waals surface area contributed by atoms with Gasteiger partial charge in [-0.05, 0) is 48.9 Å². The fourth-order valence-electron chi connectivity index (χ4n) is 2.60. The van der Waals surface area contributed by atoms with Crippen LogP contribution < -0.4 is 10.3 Å². The molecule has 2 amide bonds. The van der Waals surface area contributed by atoms with E-state index in [0.717, 1.165) is 4.90 Å². The Labute approximate surface area is 153 Å². The third kappa shape index (κ3) is 2.88. The molecule has 0 atom stereocenters. The van der Waals surface area contributed by atoms with E-state index in [1.165, 1.54) is 12.1 Å². The van der Waals surface area contributed by atoms with Gasteiger partial charge in [-0.3, -0.25) is 15.0 Å². The molecule has 0 bridgehead atoms. The Morgan fingerprint density at radius 1 is 1.08 bits per heavy atom. The average molecular weight is 364 g/mol. The summed E-state index contributed by atoms with van der Waals surface area (Å²) in [5, 5.41) is 21.4. The summed E-state index contributed by atoms with van der Waals surface area (Å²) in [6, 6.07) is 12.7. The van der Waals surface area contributed by atoms with Gasteiger partial charge in [-0.15, -0.1) is 0 Å². The van der Waals surface area contributed by atoms with Crippen LogP contribution in [0.2, 0.25) is 5.02 Å². The topological polar surface area (TPSA) is 109 Å². The number of carbonyl (C=O) groups is 2. The van der Waals surface area contributed by atoms with E-state index in [2.05, 4.69) is 10.5 Å². The zero-order chi connectivity index (χ0) is 18.8. The summed E-state index contributed by atoms with van der Waals surface area (Å²) in [6.45, 7) is 1.73. The molecule has 1 aliphatic heterocycles. The fourth-order valence-corrected chi connectivity index (χ4v) is 2.78. The van der Waals surface area contributed by atoms with Crippen LogP contribution >= 0.6 is 11.6 Å². The Hall–Kier alpha value is -3.68. The molecule has 2 aromatic rings. The van der Waals surface area contributed by atoms with Crippen molar-refractivity contribution in [2.24, 2.45) is 5.10 Å². The Bertz CT molecular complexity index is 1050. The molecule has 0 unspecified atom stereocenters. The molecular weight excluding hydrogens is 354 g/mol. The molecule has 0 spiro atoms. The zero-order valence-corrected chi connectivity index (χ0v) is 14.2. The molecule has 26 heavy (non-hydrogen) atoms. The smallest absolute Gasteiger partial charge is 0.266 e. The second-order valence-corrected chi connectivity index (χ2v) is 5.87. The summed E-state index contributed by atoms with van der Waals surface area (Å²) in [7, 11) is 0. The highest BCUT2D eigenvalue weighted by atomic mass is 35.5. The lowest BCUT2D eigenvalue weighted by molar-refractivity contribution is 0.0926. The summed E-state index contributed by atoms with van der Waals surface area (Å²) in [5.41, 5.74) is 4.42. The second kappa shape index (κ2) is 6.67. The predicted octanol–water partition coefficient (Wildman–Crippen LogP) is 3.26. The van der Waals surface area contributed by atoms with Crippen LogP contribution in [0.3, 0.4) is 0 Å². The highest BCUT2D eigenvalue weighted by Gasteiger charge is 2.37. The second-order valence-electron chi connectivity index (χ2n) is 5.43. The number of nitrogens with zero attached hydrogens (tertiary/aromatic N) is 4. The third-order valence-electron chi connectivity index (χ3n) is 3.79. The van der Waals surface area contributed by atoms with Gasteiger partial charge in [0, 0.05) is 5.02 Å². The molecule has 0 saturated carbocycles. The first-order chi connectivity index (χ1) is 12.5.